The Kier molecular flexibility index (Phi) is 35.4. The van der Waals surface area contributed by atoms with Gasteiger partial charge in [0.15, 0.2) is 0 Å². The van der Waals surface area contributed by atoms with Crippen LogP contribution < -0.4 is 0 Å². The fourth-order valence-electron chi connectivity index (χ4n) is 6.97. The van der Waals surface area contributed by atoms with Crippen LogP contribution in [0, 0.1) is 11.3 Å². The highest BCUT2D eigenvalue weighted by atomic mass is 16.5. The Morgan fingerprint density at radius 1 is 0.540 bits per heavy atom. The van der Waals surface area contributed by atoms with E-state index in [2.05, 4.69) is 39.5 Å². The highest BCUT2D eigenvalue weighted by Gasteiger charge is 2.28. The van der Waals surface area contributed by atoms with E-state index in [9.17, 15) is 14.7 Å². The summed E-state index contributed by atoms with van der Waals surface area (Å²) in [5.74, 6) is 0.739. The van der Waals surface area contributed by atoms with E-state index in [0.717, 1.165) is 89.8 Å². The molecule has 6 nitrogen and oxygen atoms in total. The lowest BCUT2D eigenvalue weighted by Gasteiger charge is -2.24. The molecule has 0 amide bonds. The normalized spacial score (nSPS) is 11.9. The molecule has 0 spiro atoms. The van der Waals surface area contributed by atoms with Gasteiger partial charge in [-0.1, -0.05) is 149 Å². The molecule has 50 heavy (non-hydrogen) atoms. The first-order valence-electron chi connectivity index (χ1n) is 22.0. The van der Waals surface area contributed by atoms with Crippen LogP contribution in [-0.4, -0.2) is 61.4 Å². The summed E-state index contributed by atoms with van der Waals surface area (Å²) in [5.41, 5.74) is -0.413. The maximum Gasteiger partial charge on any atom is 0.311 e. The van der Waals surface area contributed by atoms with E-state index in [1.54, 1.807) is 0 Å². The Morgan fingerprint density at radius 3 is 1.60 bits per heavy atom. The fraction of sp³-hybridized carbons (Fsp3) is 0.955. The van der Waals surface area contributed by atoms with Crippen LogP contribution in [0.25, 0.3) is 0 Å². The number of unbranched alkanes of at least 4 members (excludes halogenated alkanes) is 17. The smallest absolute Gasteiger partial charge is 0.311 e. The van der Waals surface area contributed by atoms with Crippen molar-refractivity contribution in [2.45, 2.75) is 221 Å². The monoisotopic (exact) mass is 710 g/mol. The number of esters is 2. The van der Waals surface area contributed by atoms with Crippen LogP contribution in [0.5, 0.6) is 0 Å². The molecule has 0 bridgehead atoms. The van der Waals surface area contributed by atoms with Crippen molar-refractivity contribution in [1.29, 1.82) is 0 Å². The molecule has 0 aromatic heterocycles. The number of aliphatic hydroxyl groups excluding tert-OH is 1. The molecule has 0 fully saturated rings. The van der Waals surface area contributed by atoms with Gasteiger partial charge in [0.05, 0.1) is 18.6 Å². The number of carbonyl (C=O) groups excluding carboxylic acids is 2. The van der Waals surface area contributed by atoms with Crippen LogP contribution in [0.1, 0.15) is 221 Å². The number of aliphatic hydroxyl groups is 1. The molecule has 0 radical (unpaired) electrons. The lowest BCUT2D eigenvalue weighted by Crippen LogP contribution is -2.28. The molecule has 0 unspecified atom stereocenters. The second kappa shape index (κ2) is 36.2. The summed E-state index contributed by atoms with van der Waals surface area (Å²) < 4.78 is 11.2. The molecule has 0 aliphatic heterocycles. The van der Waals surface area contributed by atoms with E-state index in [1.165, 1.54) is 116 Å². The third-order valence-electron chi connectivity index (χ3n) is 10.5. The van der Waals surface area contributed by atoms with Gasteiger partial charge in [-0.2, -0.15) is 0 Å². The lowest BCUT2D eigenvalue weighted by molar-refractivity contribution is -0.154. The molecule has 1 N–H and O–H groups in total. The first-order chi connectivity index (χ1) is 24.3. The maximum atomic E-state index is 12.9. The highest BCUT2D eigenvalue weighted by Crippen LogP contribution is 2.27. The molecular formula is C44H87NO5. The largest absolute Gasteiger partial charge is 0.466 e. The molecule has 0 aliphatic rings. The van der Waals surface area contributed by atoms with E-state index in [-0.39, 0.29) is 18.5 Å². The molecule has 0 aromatic carbocycles. The van der Waals surface area contributed by atoms with Gasteiger partial charge in [-0.3, -0.25) is 9.59 Å². The summed E-state index contributed by atoms with van der Waals surface area (Å²) in [5, 5.41) is 9.38. The highest BCUT2D eigenvalue weighted by molar-refractivity contribution is 5.75. The van der Waals surface area contributed by atoms with Crippen LogP contribution in [-0.2, 0) is 19.1 Å². The standard InChI is InChI=1S/C44H87NO5/c1-6-9-12-13-14-16-23-33-42(47)49-39-27-20-15-18-25-35-45(37-29-38-46)36-26-19-17-24-34-44(4,5)43(48)50-40-28-32-41(30-21-10-7-2)31-22-11-8-3/h41,46H,6-40H2,1-5H3. The quantitative estimate of drug-likeness (QED) is 0.0506. The van der Waals surface area contributed by atoms with Crippen molar-refractivity contribution in [3.8, 4) is 0 Å². The molecule has 0 atom stereocenters. The average molecular weight is 710 g/mol. The lowest BCUT2D eigenvalue weighted by atomic mass is 9.87. The number of hydrogen-bond donors (Lipinski definition) is 1. The van der Waals surface area contributed by atoms with E-state index in [4.69, 9.17) is 9.47 Å². The van der Waals surface area contributed by atoms with Gasteiger partial charge in [-0.15, -0.1) is 0 Å². The Morgan fingerprint density at radius 2 is 1.00 bits per heavy atom. The predicted octanol–water partition coefficient (Wildman–Crippen LogP) is 12.4. The van der Waals surface area contributed by atoms with E-state index >= 15 is 0 Å². The molecule has 6 heteroatoms. The topological polar surface area (TPSA) is 76.1 Å². The zero-order valence-corrected chi connectivity index (χ0v) is 34.4. The van der Waals surface area contributed by atoms with Crippen molar-refractivity contribution in [2.75, 3.05) is 39.5 Å². The molecule has 0 heterocycles. The van der Waals surface area contributed by atoms with Gasteiger partial charge in [-0.25, -0.2) is 0 Å². The number of hydrogen-bond acceptors (Lipinski definition) is 6. The number of rotatable bonds is 39. The Labute approximate surface area is 312 Å². The summed E-state index contributed by atoms with van der Waals surface area (Å²) in [6, 6.07) is 0. The fourth-order valence-corrected chi connectivity index (χ4v) is 6.97. The van der Waals surface area contributed by atoms with Gasteiger partial charge in [0.1, 0.15) is 0 Å². The Bertz CT molecular complexity index is 732. The van der Waals surface area contributed by atoms with Gasteiger partial charge < -0.3 is 19.5 Å². The first kappa shape index (κ1) is 48.9. The molecule has 0 saturated carbocycles. The average Bonchev–Trinajstić information content (AvgIpc) is 3.10. The zero-order chi connectivity index (χ0) is 37.0. The summed E-state index contributed by atoms with van der Waals surface area (Å²) in [4.78, 5) is 27.3. The number of ether oxygens (including phenoxy) is 2. The molecule has 0 aliphatic carbocycles. The van der Waals surface area contributed by atoms with Crippen molar-refractivity contribution in [2.24, 2.45) is 11.3 Å². The molecular weight excluding hydrogens is 622 g/mol. The minimum absolute atomic E-state index is 0.0237. The van der Waals surface area contributed by atoms with Gasteiger partial charge in [-0.05, 0) is 84.2 Å². The number of carbonyl (C=O) groups is 2. The second-order valence-electron chi connectivity index (χ2n) is 16.0. The van der Waals surface area contributed by atoms with Crippen molar-refractivity contribution in [3.63, 3.8) is 0 Å². The van der Waals surface area contributed by atoms with Crippen molar-refractivity contribution in [1.82, 2.24) is 4.90 Å². The van der Waals surface area contributed by atoms with Crippen molar-refractivity contribution in [3.05, 3.63) is 0 Å². The molecule has 0 saturated heterocycles. The van der Waals surface area contributed by atoms with Gasteiger partial charge >= 0.3 is 11.9 Å². The number of nitrogens with zero attached hydrogens (tertiary/aromatic N) is 1. The van der Waals surface area contributed by atoms with Crippen LogP contribution in [0.4, 0.5) is 0 Å². The zero-order valence-electron chi connectivity index (χ0n) is 34.4. The summed E-state index contributed by atoms with van der Waals surface area (Å²) in [6.07, 6.45) is 33.8. The summed E-state index contributed by atoms with van der Waals surface area (Å²) in [7, 11) is 0. The van der Waals surface area contributed by atoms with Crippen molar-refractivity contribution < 1.29 is 24.2 Å². The molecule has 298 valence electrons. The minimum atomic E-state index is -0.413. The van der Waals surface area contributed by atoms with Crippen LogP contribution in [0.3, 0.4) is 0 Å². The van der Waals surface area contributed by atoms with E-state index in [0.29, 0.717) is 19.6 Å². The molecule has 0 rings (SSSR count). The third kappa shape index (κ3) is 31.6. The third-order valence-corrected chi connectivity index (χ3v) is 10.5. The Hall–Kier alpha value is -1.14. The van der Waals surface area contributed by atoms with Gasteiger partial charge in [0.25, 0.3) is 0 Å². The van der Waals surface area contributed by atoms with Crippen LogP contribution in [0.15, 0.2) is 0 Å². The van der Waals surface area contributed by atoms with Gasteiger partial charge in [0.2, 0.25) is 0 Å². The van der Waals surface area contributed by atoms with Crippen molar-refractivity contribution >= 4 is 11.9 Å². The van der Waals surface area contributed by atoms with E-state index in [1.807, 2.05) is 0 Å². The molecule has 0 aromatic rings. The maximum absolute atomic E-state index is 12.9. The Balaban J connectivity index is 4.02. The van der Waals surface area contributed by atoms with Crippen LogP contribution >= 0.6 is 0 Å². The summed E-state index contributed by atoms with van der Waals surface area (Å²) >= 11 is 0. The van der Waals surface area contributed by atoms with Crippen LogP contribution in [0.2, 0.25) is 0 Å². The predicted molar refractivity (Wildman–Crippen MR) is 214 cm³/mol. The van der Waals surface area contributed by atoms with Gasteiger partial charge in [0, 0.05) is 19.6 Å². The van der Waals surface area contributed by atoms with E-state index < -0.39 is 5.41 Å². The SMILES string of the molecule is CCCCCCCCCC(=O)OCCCCCCCN(CCCO)CCCCCCC(C)(C)C(=O)OCCCC(CCCCC)CCCCC. The minimum Gasteiger partial charge on any atom is -0.466 e. The first-order valence-corrected chi connectivity index (χ1v) is 22.0. The second-order valence-corrected chi connectivity index (χ2v) is 16.0. The summed E-state index contributed by atoms with van der Waals surface area (Å²) in [6.45, 7) is 15.4.